The van der Waals surface area contributed by atoms with Crippen molar-refractivity contribution in [3.05, 3.63) is 40.5 Å². The Morgan fingerprint density at radius 3 is 2.48 bits per heavy atom. The number of aromatic hydroxyl groups is 1. The summed E-state index contributed by atoms with van der Waals surface area (Å²) in [7, 11) is 0. The largest absolute Gasteiger partial charge is 0.503 e. The Kier molecular flexibility index (Phi) is 4.75. The quantitative estimate of drug-likeness (QED) is 0.818. The van der Waals surface area contributed by atoms with E-state index in [1.807, 2.05) is 13.8 Å². The van der Waals surface area contributed by atoms with E-state index >= 15 is 0 Å². The maximum atomic E-state index is 14.0. The zero-order valence-electron chi connectivity index (χ0n) is 13.6. The number of halogens is 3. The molecule has 0 spiro atoms. The predicted molar refractivity (Wildman–Crippen MR) is 87.2 cm³/mol. The van der Waals surface area contributed by atoms with Crippen molar-refractivity contribution in [3.8, 4) is 16.2 Å². The molecule has 8 heteroatoms. The van der Waals surface area contributed by atoms with E-state index < -0.39 is 23.2 Å². The third-order valence-corrected chi connectivity index (χ3v) is 5.03. The Morgan fingerprint density at radius 2 is 1.84 bits per heavy atom. The SMILES string of the molecule is C[C@@H]1CN(C(=O)c2ccc(-c3cc(F)c(F)c(O)c3F)s2)C[C@H](C)O1. The van der Waals surface area contributed by atoms with E-state index in [-0.39, 0.29) is 28.6 Å². The van der Waals surface area contributed by atoms with Gasteiger partial charge in [-0.3, -0.25) is 4.79 Å². The summed E-state index contributed by atoms with van der Waals surface area (Å²) in [5.41, 5.74) is -0.288. The first-order valence-electron chi connectivity index (χ1n) is 7.69. The van der Waals surface area contributed by atoms with Crippen molar-refractivity contribution in [1.82, 2.24) is 4.90 Å². The van der Waals surface area contributed by atoms with Crippen LogP contribution in [0, 0.1) is 17.5 Å². The molecule has 2 heterocycles. The molecule has 3 rings (SSSR count). The Balaban J connectivity index is 1.89. The molecule has 1 aromatic heterocycles. The van der Waals surface area contributed by atoms with Gasteiger partial charge in [0.2, 0.25) is 5.82 Å². The van der Waals surface area contributed by atoms with Crippen LogP contribution in [0.1, 0.15) is 23.5 Å². The lowest BCUT2D eigenvalue weighted by Gasteiger charge is -2.35. The maximum Gasteiger partial charge on any atom is 0.264 e. The summed E-state index contributed by atoms with van der Waals surface area (Å²) in [5.74, 6) is -5.85. The van der Waals surface area contributed by atoms with Gasteiger partial charge in [0.15, 0.2) is 17.4 Å². The third kappa shape index (κ3) is 3.36. The van der Waals surface area contributed by atoms with Crippen molar-refractivity contribution < 1.29 is 27.8 Å². The van der Waals surface area contributed by atoms with Crippen molar-refractivity contribution in [2.75, 3.05) is 13.1 Å². The normalized spacial score (nSPS) is 20.8. The van der Waals surface area contributed by atoms with E-state index in [0.717, 1.165) is 11.3 Å². The highest BCUT2D eigenvalue weighted by molar-refractivity contribution is 7.17. The Labute approximate surface area is 146 Å². The molecule has 1 amide bonds. The summed E-state index contributed by atoms with van der Waals surface area (Å²) in [6.07, 6.45) is -0.180. The summed E-state index contributed by atoms with van der Waals surface area (Å²) in [5, 5.41) is 9.33. The molecule has 2 aromatic rings. The van der Waals surface area contributed by atoms with Gasteiger partial charge in [0.25, 0.3) is 5.91 Å². The van der Waals surface area contributed by atoms with E-state index in [0.29, 0.717) is 24.0 Å². The molecule has 0 saturated carbocycles. The van der Waals surface area contributed by atoms with Crippen LogP contribution in [0.25, 0.3) is 10.4 Å². The number of phenols is 1. The molecule has 25 heavy (non-hydrogen) atoms. The number of morpholine rings is 1. The summed E-state index contributed by atoms with van der Waals surface area (Å²) in [6, 6.07) is 3.62. The zero-order chi connectivity index (χ0) is 18.3. The highest BCUT2D eigenvalue weighted by Crippen LogP contribution is 2.36. The van der Waals surface area contributed by atoms with Gasteiger partial charge in [0, 0.05) is 23.5 Å². The van der Waals surface area contributed by atoms with Crippen molar-refractivity contribution in [1.29, 1.82) is 0 Å². The molecule has 4 nitrogen and oxygen atoms in total. The number of hydrogen-bond acceptors (Lipinski definition) is 4. The molecule has 0 radical (unpaired) electrons. The number of hydrogen-bond donors (Lipinski definition) is 1. The van der Waals surface area contributed by atoms with Crippen LogP contribution in [-0.4, -0.2) is 41.2 Å². The Morgan fingerprint density at radius 1 is 1.20 bits per heavy atom. The van der Waals surface area contributed by atoms with Gasteiger partial charge in [-0.05, 0) is 32.0 Å². The van der Waals surface area contributed by atoms with Crippen molar-refractivity contribution in [3.63, 3.8) is 0 Å². The lowest BCUT2D eigenvalue weighted by atomic mass is 10.1. The van der Waals surface area contributed by atoms with Crippen LogP contribution in [-0.2, 0) is 4.74 Å². The lowest BCUT2D eigenvalue weighted by molar-refractivity contribution is -0.0585. The highest BCUT2D eigenvalue weighted by atomic mass is 32.1. The lowest BCUT2D eigenvalue weighted by Crippen LogP contribution is -2.48. The van der Waals surface area contributed by atoms with Gasteiger partial charge in [-0.1, -0.05) is 0 Å². The van der Waals surface area contributed by atoms with Crippen LogP contribution in [0.4, 0.5) is 13.2 Å². The molecule has 1 aliphatic rings. The topological polar surface area (TPSA) is 49.8 Å². The van der Waals surface area contributed by atoms with Gasteiger partial charge in [-0.15, -0.1) is 11.3 Å². The van der Waals surface area contributed by atoms with Crippen molar-refractivity contribution in [2.45, 2.75) is 26.1 Å². The van der Waals surface area contributed by atoms with Gasteiger partial charge in [-0.25, -0.2) is 8.78 Å². The van der Waals surface area contributed by atoms with Crippen LogP contribution < -0.4 is 0 Å². The van der Waals surface area contributed by atoms with E-state index in [4.69, 9.17) is 4.74 Å². The average Bonchev–Trinajstić information content (AvgIpc) is 3.04. The van der Waals surface area contributed by atoms with Gasteiger partial charge in [-0.2, -0.15) is 4.39 Å². The molecule has 0 bridgehead atoms. The molecule has 134 valence electrons. The number of amides is 1. The third-order valence-electron chi connectivity index (χ3n) is 3.92. The zero-order valence-corrected chi connectivity index (χ0v) is 14.4. The first-order valence-corrected chi connectivity index (χ1v) is 8.51. The second-order valence-corrected chi connectivity index (χ2v) is 7.10. The fourth-order valence-corrected chi connectivity index (χ4v) is 3.85. The number of nitrogens with zero attached hydrogens (tertiary/aromatic N) is 1. The minimum atomic E-state index is -1.63. The number of ether oxygens (including phenoxy) is 1. The molecule has 1 fully saturated rings. The number of carbonyl (C=O) groups is 1. The first-order chi connectivity index (χ1) is 11.8. The molecule has 1 aliphatic heterocycles. The number of carbonyl (C=O) groups excluding carboxylic acids is 1. The maximum absolute atomic E-state index is 14.0. The smallest absolute Gasteiger partial charge is 0.264 e. The fraction of sp³-hybridized carbons (Fsp3) is 0.353. The molecule has 0 aliphatic carbocycles. The van der Waals surface area contributed by atoms with Gasteiger partial charge < -0.3 is 14.7 Å². The minimum absolute atomic E-state index is 0.0901. The number of thiophene rings is 1. The van der Waals surface area contributed by atoms with Crippen LogP contribution in [0.3, 0.4) is 0 Å². The molecular formula is C17H16F3NO3S. The van der Waals surface area contributed by atoms with E-state index in [2.05, 4.69) is 0 Å². The van der Waals surface area contributed by atoms with E-state index in [9.17, 15) is 23.1 Å². The predicted octanol–water partition coefficient (Wildman–Crippen LogP) is 3.79. The first kappa shape index (κ1) is 17.8. The Bertz CT molecular complexity index is 814. The van der Waals surface area contributed by atoms with Crippen molar-refractivity contribution in [2.24, 2.45) is 0 Å². The van der Waals surface area contributed by atoms with E-state index in [1.165, 1.54) is 12.1 Å². The molecule has 1 N–H and O–H groups in total. The van der Waals surface area contributed by atoms with Crippen molar-refractivity contribution >= 4 is 17.2 Å². The van der Waals surface area contributed by atoms with Gasteiger partial charge >= 0.3 is 0 Å². The molecule has 2 atom stereocenters. The van der Waals surface area contributed by atoms with Crippen LogP contribution >= 0.6 is 11.3 Å². The molecule has 0 unspecified atom stereocenters. The minimum Gasteiger partial charge on any atom is -0.503 e. The molecule has 1 saturated heterocycles. The average molecular weight is 371 g/mol. The number of benzene rings is 1. The summed E-state index contributed by atoms with van der Waals surface area (Å²) in [6.45, 7) is 4.62. The fourth-order valence-electron chi connectivity index (χ4n) is 2.87. The molecule has 1 aromatic carbocycles. The van der Waals surface area contributed by atoms with Gasteiger partial charge in [0.1, 0.15) is 0 Å². The Hall–Kier alpha value is -2.06. The summed E-state index contributed by atoms with van der Waals surface area (Å²) < 4.78 is 46.3. The van der Waals surface area contributed by atoms with Crippen LogP contribution in [0.2, 0.25) is 0 Å². The monoisotopic (exact) mass is 371 g/mol. The number of phenolic OH excluding ortho intramolecular Hbond substituents is 1. The van der Waals surface area contributed by atoms with Crippen LogP contribution in [0.15, 0.2) is 18.2 Å². The second-order valence-electron chi connectivity index (χ2n) is 6.01. The van der Waals surface area contributed by atoms with Gasteiger partial charge in [0.05, 0.1) is 17.1 Å². The number of rotatable bonds is 2. The second kappa shape index (κ2) is 6.68. The van der Waals surface area contributed by atoms with E-state index in [1.54, 1.807) is 4.90 Å². The molecular weight excluding hydrogens is 355 g/mol. The van der Waals surface area contributed by atoms with Crippen LogP contribution in [0.5, 0.6) is 5.75 Å². The summed E-state index contributed by atoms with van der Waals surface area (Å²) in [4.78, 5) is 14.8. The highest BCUT2D eigenvalue weighted by Gasteiger charge is 2.28. The summed E-state index contributed by atoms with van der Waals surface area (Å²) >= 11 is 0.955. The standard InChI is InChI=1S/C17H16F3NO3S/c1-8-6-21(7-9(2)24-8)17(23)13-4-3-12(25-13)10-5-11(18)15(20)16(22)14(10)19/h3-5,8-9,22H,6-7H2,1-2H3/t8-,9+.